The van der Waals surface area contributed by atoms with Crippen molar-refractivity contribution in [2.45, 2.75) is 19.3 Å². The van der Waals surface area contributed by atoms with E-state index in [-0.39, 0.29) is 11.8 Å². The van der Waals surface area contributed by atoms with Crippen LogP contribution in [0, 0.1) is 6.92 Å². The van der Waals surface area contributed by atoms with Crippen molar-refractivity contribution in [1.29, 1.82) is 0 Å². The highest BCUT2D eigenvalue weighted by Gasteiger charge is 2.34. The number of hydrogen-bond donors (Lipinski definition) is 0. The summed E-state index contributed by atoms with van der Waals surface area (Å²) in [6.07, 6.45) is 1.69. The van der Waals surface area contributed by atoms with Crippen LogP contribution in [-0.2, 0) is 4.79 Å². The summed E-state index contributed by atoms with van der Waals surface area (Å²) in [7, 11) is 1.61. The van der Waals surface area contributed by atoms with Gasteiger partial charge in [0.25, 0.3) is 0 Å². The Labute approximate surface area is 116 Å². The number of carbonyl (C=O) groups is 1. The molecule has 1 aliphatic heterocycles. The Balaban J connectivity index is 1.89. The van der Waals surface area contributed by atoms with Crippen molar-refractivity contribution >= 4 is 11.6 Å². The summed E-state index contributed by atoms with van der Waals surface area (Å²) < 4.78 is 9.98. The van der Waals surface area contributed by atoms with Crippen LogP contribution in [0.25, 0.3) is 0 Å². The number of rotatable bonds is 3. The van der Waals surface area contributed by atoms with Gasteiger partial charge in [-0.2, -0.15) is 4.98 Å². The average Bonchev–Trinajstić information content (AvgIpc) is 3.08. The smallest absolute Gasteiger partial charge is 0.227 e. The molecule has 2 aromatic rings. The molecule has 0 spiro atoms. The van der Waals surface area contributed by atoms with Crippen molar-refractivity contribution in [2.24, 2.45) is 0 Å². The van der Waals surface area contributed by atoms with Crippen molar-refractivity contribution in [3.63, 3.8) is 0 Å². The fourth-order valence-electron chi connectivity index (χ4n) is 2.48. The Bertz CT molecular complexity index is 625. The Hall–Kier alpha value is -2.37. The van der Waals surface area contributed by atoms with Gasteiger partial charge >= 0.3 is 0 Å². The minimum absolute atomic E-state index is 0.0214. The van der Waals surface area contributed by atoms with Gasteiger partial charge in [-0.05, 0) is 18.6 Å². The maximum Gasteiger partial charge on any atom is 0.227 e. The number of nitrogens with zero attached hydrogens (tertiary/aromatic N) is 3. The van der Waals surface area contributed by atoms with E-state index in [2.05, 4.69) is 10.1 Å². The molecule has 0 bridgehead atoms. The van der Waals surface area contributed by atoms with E-state index < -0.39 is 0 Å². The quantitative estimate of drug-likeness (QED) is 0.854. The highest BCUT2D eigenvalue weighted by Crippen LogP contribution is 2.33. The van der Waals surface area contributed by atoms with Gasteiger partial charge in [-0.25, -0.2) is 0 Å². The minimum atomic E-state index is -0.0214. The lowest BCUT2D eigenvalue weighted by atomic mass is 10.1. The molecule has 1 atom stereocenters. The summed E-state index contributed by atoms with van der Waals surface area (Å²) in [4.78, 5) is 18.0. The van der Waals surface area contributed by atoms with Gasteiger partial charge in [-0.15, -0.1) is 0 Å². The van der Waals surface area contributed by atoms with Gasteiger partial charge in [-0.3, -0.25) is 4.79 Å². The lowest BCUT2D eigenvalue weighted by molar-refractivity contribution is -0.117. The highest BCUT2D eigenvalue weighted by atomic mass is 16.5. The zero-order valence-corrected chi connectivity index (χ0v) is 11.4. The number of methoxy groups -OCH3 is 1. The van der Waals surface area contributed by atoms with Crippen LogP contribution < -0.4 is 9.64 Å². The molecule has 1 aromatic carbocycles. The summed E-state index contributed by atoms with van der Waals surface area (Å²) in [6, 6.07) is 5.71. The number of amides is 1. The average molecular weight is 273 g/mol. The SMILES string of the molecule is COc1ccc(C)c(N2CC(c3ncon3)CC2=O)c1. The lowest BCUT2D eigenvalue weighted by Crippen LogP contribution is -2.25. The van der Waals surface area contributed by atoms with Crippen LogP contribution in [-0.4, -0.2) is 29.7 Å². The maximum absolute atomic E-state index is 12.2. The molecule has 6 nitrogen and oxygen atoms in total. The lowest BCUT2D eigenvalue weighted by Gasteiger charge is -2.19. The molecule has 2 heterocycles. The van der Waals surface area contributed by atoms with E-state index >= 15 is 0 Å². The molecular formula is C14H15N3O3. The Morgan fingerprint density at radius 1 is 1.45 bits per heavy atom. The monoisotopic (exact) mass is 273 g/mol. The number of hydrogen-bond acceptors (Lipinski definition) is 5. The van der Waals surface area contributed by atoms with Gasteiger partial charge in [0.15, 0.2) is 5.82 Å². The topological polar surface area (TPSA) is 68.5 Å². The van der Waals surface area contributed by atoms with Crippen LogP contribution in [0.15, 0.2) is 29.1 Å². The van der Waals surface area contributed by atoms with E-state index in [0.717, 1.165) is 17.0 Å². The van der Waals surface area contributed by atoms with Crippen molar-refractivity contribution in [3.8, 4) is 5.75 Å². The molecule has 0 radical (unpaired) electrons. The second kappa shape index (κ2) is 4.96. The zero-order valence-electron chi connectivity index (χ0n) is 11.4. The number of aryl methyl sites for hydroxylation is 1. The van der Waals surface area contributed by atoms with E-state index in [1.165, 1.54) is 6.39 Å². The molecule has 0 N–H and O–H groups in total. The maximum atomic E-state index is 12.2. The molecule has 104 valence electrons. The highest BCUT2D eigenvalue weighted by molar-refractivity contribution is 5.97. The molecule has 0 aliphatic carbocycles. The Kier molecular flexibility index (Phi) is 3.14. The van der Waals surface area contributed by atoms with Crippen molar-refractivity contribution in [3.05, 3.63) is 36.0 Å². The predicted molar refractivity (Wildman–Crippen MR) is 71.7 cm³/mol. The van der Waals surface area contributed by atoms with Gasteiger partial charge < -0.3 is 14.2 Å². The first-order valence-electron chi connectivity index (χ1n) is 6.40. The van der Waals surface area contributed by atoms with E-state index in [1.54, 1.807) is 12.0 Å². The zero-order chi connectivity index (χ0) is 14.1. The number of benzene rings is 1. The molecule has 1 saturated heterocycles. The van der Waals surface area contributed by atoms with E-state index in [4.69, 9.17) is 9.26 Å². The summed E-state index contributed by atoms with van der Waals surface area (Å²) in [5.41, 5.74) is 1.91. The van der Waals surface area contributed by atoms with Gasteiger partial charge in [-0.1, -0.05) is 11.2 Å². The van der Waals surface area contributed by atoms with Crippen molar-refractivity contribution < 1.29 is 14.1 Å². The van der Waals surface area contributed by atoms with Crippen molar-refractivity contribution in [2.75, 3.05) is 18.6 Å². The van der Waals surface area contributed by atoms with Crippen LogP contribution >= 0.6 is 0 Å². The number of anilines is 1. The molecule has 1 aliphatic rings. The molecule has 20 heavy (non-hydrogen) atoms. The molecule has 1 aromatic heterocycles. The summed E-state index contributed by atoms with van der Waals surface area (Å²) in [6.45, 7) is 2.54. The number of aromatic nitrogens is 2. The first kappa shape index (κ1) is 12.7. The fourth-order valence-corrected chi connectivity index (χ4v) is 2.48. The summed E-state index contributed by atoms with van der Waals surface area (Å²) >= 11 is 0. The van der Waals surface area contributed by atoms with Crippen LogP contribution in [0.2, 0.25) is 0 Å². The third-order valence-electron chi connectivity index (χ3n) is 3.58. The normalized spacial score (nSPS) is 18.6. The molecule has 1 fully saturated rings. The van der Waals surface area contributed by atoms with E-state index in [0.29, 0.717) is 18.8 Å². The first-order valence-corrected chi connectivity index (χ1v) is 6.40. The van der Waals surface area contributed by atoms with Crippen molar-refractivity contribution in [1.82, 2.24) is 10.1 Å². The molecular weight excluding hydrogens is 258 g/mol. The second-order valence-electron chi connectivity index (χ2n) is 4.85. The molecule has 3 rings (SSSR count). The van der Waals surface area contributed by atoms with Gasteiger partial charge in [0, 0.05) is 24.9 Å². The third-order valence-corrected chi connectivity index (χ3v) is 3.58. The summed E-state index contributed by atoms with van der Waals surface area (Å²) in [5.74, 6) is 1.37. The largest absolute Gasteiger partial charge is 0.497 e. The standard InChI is InChI=1S/C14H15N3O3/c1-9-3-4-11(19-2)6-12(9)17-7-10(5-13(17)18)14-15-8-20-16-14/h3-4,6,8,10H,5,7H2,1-2H3. The minimum Gasteiger partial charge on any atom is -0.497 e. The summed E-state index contributed by atoms with van der Waals surface area (Å²) in [5, 5.41) is 3.83. The van der Waals surface area contributed by atoms with Gasteiger partial charge in [0.05, 0.1) is 12.8 Å². The molecule has 1 amide bonds. The molecule has 0 saturated carbocycles. The number of carbonyl (C=O) groups excluding carboxylic acids is 1. The van der Waals surface area contributed by atoms with E-state index in [1.807, 2.05) is 25.1 Å². The van der Waals surface area contributed by atoms with Gasteiger partial charge in [0.1, 0.15) is 5.75 Å². The molecule has 1 unspecified atom stereocenters. The Morgan fingerprint density at radius 2 is 2.30 bits per heavy atom. The predicted octanol–water partition coefficient (Wildman–Crippen LogP) is 1.91. The first-order chi connectivity index (χ1) is 9.69. The van der Waals surface area contributed by atoms with Crippen LogP contribution in [0.1, 0.15) is 23.7 Å². The fraction of sp³-hybridized carbons (Fsp3) is 0.357. The second-order valence-corrected chi connectivity index (χ2v) is 4.85. The third kappa shape index (κ3) is 2.13. The number of ether oxygens (including phenoxy) is 1. The van der Waals surface area contributed by atoms with E-state index in [9.17, 15) is 4.79 Å². The van der Waals surface area contributed by atoms with Crippen LogP contribution in [0.3, 0.4) is 0 Å². The Morgan fingerprint density at radius 3 is 3.00 bits per heavy atom. The van der Waals surface area contributed by atoms with Gasteiger partial charge in [0.2, 0.25) is 12.3 Å². The van der Waals surface area contributed by atoms with Crippen LogP contribution in [0.4, 0.5) is 5.69 Å². The van der Waals surface area contributed by atoms with Crippen LogP contribution in [0.5, 0.6) is 5.75 Å². The molecule has 6 heteroatoms.